The second kappa shape index (κ2) is 5.29. The molecule has 1 aromatic rings. The van der Waals surface area contributed by atoms with E-state index in [4.69, 9.17) is 0 Å². The van der Waals surface area contributed by atoms with E-state index in [1.165, 1.54) is 31.6 Å². The van der Waals surface area contributed by atoms with Gasteiger partial charge in [-0.25, -0.2) is 0 Å². The van der Waals surface area contributed by atoms with E-state index in [1.54, 1.807) is 0 Å². The first-order chi connectivity index (χ1) is 8.84. The summed E-state index contributed by atoms with van der Waals surface area (Å²) in [6, 6.07) is 8.29. The van der Waals surface area contributed by atoms with Gasteiger partial charge in [0.2, 0.25) is 0 Å². The molecule has 1 saturated heterocycles. The molecule has 2 heterocycles. The molecule has 1 fully saturated rings. The number of hydrogen-bond acceptors (Lipinski definition) is 3. The molecule has 1 N–H and O–H groups in total. The van der Waals surface area contributed by atoms with Crippen LogP contribution in [0.1, 0.15) is 30.9 Å². The number of likely N-dealkylation sites (tertiary alicyclic amines) is 1. The molecule has 2 aliphatic rings. The highest BCUT2D eigenvalue weighted by Crippen LogP contribution is 2.33. The van der Waals surface area contributed by atoms with Crippen LogP contribution >= 0.6 is 0 Å². The zero-order chi connectivity index (χ0) is 12.4. The normalized spacial score (nSPS) is 24.3. The first-order valence-corrected chi connectivity index (χ1v) is 7.09. The number of hydrogen-bond donors (Lipinski definition) is 1. The third-order valence-corrected chi connectivity index (χ3v) is 4.19. The van der Waals surface area contributed by atoms with Crippen LogP contribution in [0.25, 0.3) is 0 Å². The summed E-state index contributed by atoms with van der Waals surface area (Å²) < 4.78 is 0. The fourth-order valence-electron chi connectivity index (χ4n) is 3.11. The largest absolute Gasteiger partial charge is 0.388 e. The summed E-state index contributed by atoms with van der Waals surface area (Å²) in [6.45, 7) is 5.75. The third kappa shape index (κ3) is 2.38. The minimum Gasteiger partial charge on any atom is -0.388 e. The van der Waals surface area contributed by atoms with E-state index in [0.29, 0.717) is 0 Å². The smallest absolute Gasteiger partial charge is 0.0826 e. The minimum atomic E-state index is -0.274. The third-order valence-electron chi connectivity index (χ3n) is 4.19. The topological polar surface area (TPSA) is 26.7 Å². The van der Waals surface area contributed by atoms with E-state index in [9.17, 15) is 5.11 Å². The predicted molar refractivity (Wildman–Crippen MR) is 73.9 cm³/mol. The zero-order valence-corrected chi connectivity index (χ0v) is 10.9. The molecular formula is C15H22N2O. The van der Waals surface area contributed by atoms with Gasteiger partial charge < -0.3 is 14.9 Å². The van der Waals surface area contributed by atoms with Crippen LogP contribution in [0.4, 0.5) is 5.69 Å². The summed E-state index contributed by atoms with van der Waals surface area (Å²) in [5.74, 6) is 0. The van der Waals surface area contributed by atoms with Crippen LogP contribution in [-0.4, -0.2) is 42.7 Å². The Balaban J connectivity index is 1.68. The van der Waals surface area contributed by atoms with Gasteiger partial charge in [0.1, 0.15) is 0 Å². The number of aliphatic hydroxyl groups is 1. The number of anilines is 1. The average molecular weight is 246 g/mol. The van der Waals surface area contributed by atoms with Crippen molar-refractivity contribution in [3.8, 4) is 0 Å². The standard InChI is InChI=1S/C15H22N2O/c18-15-7-10-17(12-11-16-8-3-4-9-16)14-6-2-1-5-13(14)15/h1-2,5-6,15,18H,3-4,7-12H2. The van der Waals surface area contributed by atoms with Crippen molar-refractivity contribution in [1.82, 2.24) is 4.90 Å². The van der Waals surface area contributed by atoms with Crippen molar-refractivity contribution in [1.29, 1.82) is 0 Å². The maximum atomic E-state index is 10.0. The van der Waals surface area contributed by atoms with Gasteiger partial charge >= 0.3 is 0 Å². The van der Waals surface area contributed by atoms with E-state index in [-0.39, 0.29) is 6.10 Å². The number of aliphatic hydroxyl groups excluding tert-OH is 1. The molecule has 3 heteroatoms. The van der Waals surface area contributed by atoms with Gasteiger partial charge in [0, 0.05) is 30.9 Å². The predicted octanol–water partition coefficient (Wildman–Crippen LogP) is 2.03. The quantitative estimate of drug-likeness (QED) is 0.884. The van der Waals surface area contributed by atoms with Crippen LogP contribution in [0.3, 0.4) is 0 Å². The molecule has 18 heavy (non-hydrogen) atoms. The highest BCUT2D eigenvalue weighted by molar-refractivity contribution is 5.56. The molecule has 1 aromatic carbocycles. The minimum absolute atomic E-state index is 0.274. The molecule has 2 aliphatic heterocycles. The Bertz CT molecular complexity index is 401. The maximum absolute atomic E-state index is 10.0. The molecule has 1 atom stereocenters. The Kier molecular flexibility index (Phi) is 3.52. The molecular weight excluding hydrogens is 224 g/mol. The molecule has 3 rings (SSSR count). The molecule has 0 aliphatic carbocycles. The molecule has 98 valence electrons. The summed E-state index contributed by atoms with van der Waals surface area (Å²) in [5, 5.41) is 10.0. The van der Waals surface area contributed by atoms with Gasteiger partial charge in [-0.2, -0.15) is 0 Å². The first-order valence-electron chi connectivity index (χ1n) is 7.09. The van der Waals surface area contributed by atoms with E-state index in [0.717, 1.165) is 31.6 Å². The summed E-state index contributed by atoms with van der Waals surface area (Å²) >= 11 is 0. The number of benzene rings is 1. The zero-order valence-electron chi connectivity index (χ0n) is 10.9. The van der Waals surface area contributed by atoms with Gasteiger partial charge in [0.05, 0.1) is 6.10 Å². The van der Waals surface area contributed by atoms with Crippen molar-refractivity contribution < 1.29 is 5.11 Å². The Labute approximate surface area is 109 Å². The highest BCUT2D eigenvalue weighted by Gasteiger charge is 2.23. The fraction of sp³-hybridized carbons (Fsp3) is 0.600. The highest BCUT2D eigenvalue weighted by atomic mass is 16.3. The monoisotopic (exact) mass is 246 g/mol. The van der Waals surface area contributed by atoms with Crippen molar-refractivity contribution in [2.24, 2.45) is 0 Å². The Morgan fingerprint density at radius 3 is 2.67 bits per heavy atom. The van der Waals surface area contributed by atoms with Crippen LogP contribution in [0.15, 0.2) is 24.3 Å². The fourth-order valence-corrected chi connectivity index (χ4v) is 3.11. The van der Waals surface area contributed by atoms with Gasteiger partial charge in [0.25, 0.3) is 0 Å². The summed E-state index contributed by atoms with van der Waals surface area (Å²) in [4.78, 5) is 4.98. The summed E-state index contributed by atoms with van der Waals surface area (Å²) in [6.07, 6.45) is 3.30. The first kappa shape index (κ1) is 12.0. The Morgan fingerprint density at radius 2 is 1.83 bits per heavy atom. The number of para-hydroxylation sites is 1. The lowest BCUT2D eigenvalue weighted by atomic mass is 9.99. The van der Waals surface area contributed by atoms with Crippen LogP contribution in [-0.2, 0) is 0 Å². The summed E-state index contributed by atoms with van der Waals surface area (Å²) in [7, 11) is 0. The van der Waals surface area contributed by atoms with Crippen LogP contribution in [0.2, 0.25) is 0 Å². The Hall–Kier alpha value is -1.06. The van der Waals surface area contributed by atoms with Crippen LogP contribution in [0, 0.1) is 0 Å². The molecule has 0 spiro atoms. The Morgan fingerprint density at radius 1 is 1.06 bits per heavy atom. The molecule has 0 aromatic heterocycles. The average Bonchev–Trinajstić information content (AvgIpc) is 2.92. The SMILES string of the molecule is OC1CCN(CCN2CCCC2)c2ccccc21. The number of nitrogens with zero attached hydrogens (tertiary/aromatic N) is 2. The number of fused-ring (bicyclic) bond motifs is 1. The second-order valence-corrected chi connectivity index (χ2v) is 5.40. The molecule has 0 radical (unpaired) electrons. The van der Waals surface area contributed by atoms with Crippen LogP contribution in [0.5, 0.6) is 0 Å². The van der Waals surface area contributed by atoms with Gasteiger partial charge in [-0.3, -0.25) is 0 Å². The second-order valence-electron chi connectivity index (χ2n) is 5.40. The molecule has 3 nitrogen and oxygen atoms in total. The van der Waals surface area contributed by atoms with Gasteiger partial charge in [-0.05, 0) is 38.4 Å². The van der Waals surface area contributed by atoms with E-state index in [1.807, 2.05) is 6.07 Å². The van der Waals surface area contributed by atoms with E-state index >= 15 is 0 Å². The van der Waals surface area contributed by atoms with E-state index in [2.05, 4.69) is 28.0 Å². The van der Waals surface area contributed by atoms with E-state index < -0.39 is 0 Å². The molecule has 0 saturated carbocycles. The van der Waals surface area contributed by atoms with Crippen molar-refractivity contribution >= 4 is 5.69 Å². The van der Waals surface area contributed by atoms with Gasteiger partial charge in [0.15, 0.2) is 0 Å². The van der Waals surface area contributed by atoms with Crippen LogP contribution < -0.4 is 4.90 Å². The summed E-state index contributed by atoms with van der Waals surface area (Å²) in [5.41, 5.74) is 2.33. The lowest BCUT2D eigenvalue weighted by Gasteiger charge is -2.34. The number of rotatable bonds is 3. The van der Waals surface area contributed by atoms with Gasteiger partial charge in [-0.1, -0.05) is 18.2 Å². The molecule has 0 bridgehead atoms. The van der Waals surface area contributed by atoms with Crippen molar-refractivity contribution in [3.63, 3.8) is 0 Å². The molecule has 0 amide bonds. The lowest BCUT2D eigenvalue weighted by Crippen LogP contribution is -2.37. The maximum Gasteiger partial charge on any atom is 0.0826 e. The molecule has 1 unspecified atom stereocenters. The van der Waals surface area contributed by atoms with Crippen molar-refractivity contribution in [2.75, 3.05) is 37.6 Å². The van der Waals surface area contributed by atoms with Gasteiger partial charge in [-0.15, -0.1) is 0 Å². The lowest BCUT2D eigenvalue weighted by molar-refractivity contribution is 0.163. The van der Waals surface area contributed by atoms with Crippen molar-refractivity contribution in [2.45, 2.75) is 25.4 Å². The van der Waals surface area contributed by atoms with Crippen molar-refractivity contribution in [3.05, 3.63) is 29.8 Å².